The number of hydrogen-bond acceptors (Lipinski definition) is 26. The quantitative estimate of drug-likeness (QED) is 0.148. The smallest absolute Gasteiger partial charge is 0.199 e. The van der Waals surface area contributed by atoms with E-state index in [2.05, 4.69) is 228 Å². The minimum Gasteiger partial charge on any atom is -0.441 e. The molecule has 0 unspecified atom stereocenters. The van der Waals surface area contributed by atoms with Gasteiger partial charge < -0.3 is 27.1 Å². The fourth-order valence-electron chi connectivity index (χ4n) is 16.4. The van der Waals surface area contributed by atoms with Crippen LogP contribution in [0.5, 0.6) is 0 Å². The van der Waals surface area contributed by atoms with E-state index >= 15 is 0 Å². The number of aromatic nitrogens is 24. The van der Waals surface area contributed by atoms with E-state index in [0.717, 1.165) is 189 Å². The molecule has 0 aliphatic rings. The van der Waals surface area contributed by atoms with E-state index < -0.39 is 0 Å². The molecule has 5 aromatic carbocycles. The third kappa shape index (κ3) is 20.7. The number of nitrogens with zero attached hydrogens (tertiary/aromatic N) is 24. The van der Waals surface area contributed by atoms with E-state index in [1.54, 1.807) is 45.3 Å². The van der Waals surface area contributed by atoms with Gasteiger partial charge in [-0.1, -0.05) is 42.5 Å². The van der Waals surface area contributed by atoms with Crippen molar-refractivity contribution in [3.63, 3.8) is 0 Å². The van der Waals surface area contributed by atoms with Crippen LogP contribution in [0.15, 0.2) is 155 Å². The molecule has 0 N–H and O–H groups in total. The van der Waals surface area contributed by atoms with Crippen LogP contribution >= 0.6 is 45.3 Å². The van der Waals surface area contributed by atoms with Crippen LogP contribution < -0.4 is 0 Å². The third-order valence-electron chi connectivity index (χ3n) is 24.8. The summed E-state index contributed by atoms with van der Waals surface area (Å²) >= 11 is 7.11. The van der Waals surface area contributed by atoms with Crippen molar-refractivity contribution in [2.75, 3.05) is 0 Å². The minimum absolute atomic E-state index is 0.658. The molecule has 24 aromatic rings. The molecule has 26 nitrogen and oxygen atoms in total. The van der Waals surface area contributed by atoms with Gasteiger partial charge in [-0.3, -0.25) is 34.9 Å². The summed E-state index contributed by atoms with van der Waals surface area (Å²) in [7, 11) is 7.88. The van der Waals surface area contributed by atoms with Crippen LogP contribution in [0.1, 0.15) is 145 Å². The maximum Gasteiger partial charge on any atom is 0.199 e. The second-order valence-electron chi connectivity index (χ2n) is 35.7. The monoisotopic (exact) mass is 1930 g/mol. The Morgan fingerprint density at radius 2 is 0.643 bits per heavy atom. The standard InChI is InChI=1S/C17H17N.C12H12N2O2.2C12H12N2S2.3C12H12N2.C11H13N5.C10H12N6/c1-10-7-14-5-6-15-8-12(3)13(4)18-17(15)16(14)9-11(10)2;2*1-5-9-12(16-7(3)13-9)6(2)10-11(5)15-8(4)14-10;1-5-9-11(15-7(3)13-9)6(2)12-10(5)14-8(4)16-12;1-9-3-5-13-11(7-9)12-8-10(2)4-6-14-12;1-9-3-5-11(13-7-9)12-6-4-10(2)8-14-12;1-9-5-3-7-11(13-9)12-8-4-6-10(2)14-12;1-6-12-10-8(15(6)3)5-9-11(14-10)13-7(2)16(9)4;1-5-11-7-9(15(5)3)14-10-8(13-7)12-6(2)16(10)4/h5-9H,1-4H3;3*1-4H3;3*3-8H,1-2H3;5H,1-4H3;1-4H3. The number of thiazole rings is 4. The summed E-state index contributed by atoms with van der Waals surface area (Å²) in [6.07, 6.45) is 7.34. The highest BCUT2D eigenvalue weighted by atomic mass is 32.1. The Morgan fingerprint density at radius 1 is 0.257 bits per heavy atom. The van der Waals surface area contributed by atoms with Gasteiger partial charge in [-0.2, -0.15) is 0 Å². The molecule has 0 saturated carbocycles. The van der Waals surface area contributed by atoms with Crippen LogP contribution in [0.25, 0.3) is 164 Å². The molecule has 0 amide bonds. The average molecular weight is 1930 g/mol. The van der Waals surface area contributed by atoms with Gasteiger partial charge in [0.2, 0.25) is 0 Å². The maximum absolute atomic E-state index is 5.60. The predicted molar refractivity (Wildman–Crippen MR) is 575 cm³/mol. The Hall–Kier alpha value is -14.7. The second kappa shape index (κ2) is 40.8. The topological polar surface area (TPSA) is 304 Å². The fraction of sp³-hybridized carbons (Fsp3) is 0.273. The Kier molecular flexibility index (Phi) is 28.6. The molecule has 0 atom stereocenters. The fourth-order valence-corrected chi connectivity index (χ4v) is 20.3. The summed E-state index contributed by atoms with van der Waals surface area (Å²) in [5.74, 6) is 5.09. The molecule has 19 heterocycles. The van der Waals surface area contributed by atoms with E-state index in [4.69, 9.17) is 13.8 Å². The molecule has 0 saturated heterocycles. The summed E-state index contributed by atoms with van der Waals surface area (Å²) in [5, 5.41) is 8.31. The first-order valence-electron chi connectivity index (χ1n) is 46.1. The normalized spacial score (nSPS) is 11.2. The molecule has 24 rings (SSSR count). The summed E-state index contributed by atoms with van der Waals surface area (Å²) in [6.45, 7) is 53.0. The van der Waals surface area contributed by atoms with Crippen molar-refractivity contribution in [3.8, 4) is 34.2 Å². The third-order valence-corrected chi connectivity index (χ3v) is 29.2. The van der Waals surface area contributed by atoms with E-state index in [0.29, 0.717) is 23.1 Å². The van der Waals surface area contributed by atoms with Crippen LogP contribution in [-0.4, -0.2) is 118 Å². The maximum atomic E-state index is 5.60. The molecule has 710 valence electrons. The van der Waals surface area contributed by atoms with Crippen molar-refractivity contribution in [3.05, 3.63) is 291 Å². The van der Waals surface area contributed by atoms with Crippen LogP contribution in [0, 0.1) is 180 Å². The van der Waals surface area contributed by atoms with Crippen molar-refractivity contribution in [2.24, 2.45) is 28.2 Å². The zero-order valence-electron chi connectivity index (χ0n) is 85.0. The number of aryl methyl sites for hydroxylation is 30. The van der Waals surface area contributed by atoms with E-state index in [1.165, 1.54) is 96.2 Å². The van der Waals surface area contributed by atoms with Gasteiger partial charge in [0.1, 0.15) is 34.3 Å². The first kappa shape index (κ1) is 98.3. The van der Waals surface area contributed by atoms with Crippen molar-refractivity contribution in [1.29, 1.82) is 0 Å². The number of oxazole rings is 2. The number of rotatable bonds is 3. The molecule has 140 heavy (non-hydrogen) atoms. The van der Waals surface area contributed by atoms with Gasteiger partial charge in [-0.15, -0.1) is 45.3 Å². The van der Waals surface area contributed by atoms with E-state index in [9.17, 15) is 0 Å². The minimum atomic E-state index is 0.658. The lowest BCUT2D eigenvalue weighted by Gasteiger charge is -2.09. The van der Waals surface area contributed by atoms with Gasteiger partial charge >= 0.3 is 0 Å². The lowest BCUT2D eigenvalue weighted by Crippen LogP contribution is -1.96. The number of fused-ring (bicyclic) bond motifs is 13. The molecule has 0 aliphatic carbocycles. The molecule has 0 radical (unpaired) electrons. The number of benzene rings is 5. The number of hydrogen-bond donors (Lipinski definition) is 0. The van der Waals surface area contributed by atoms with Gasteiger partial charge in [-0.05, 0) is 306 Å². The zero-order chi connectivity index (χ0) is 100.0. The molecular formula is C110H114N24O2S4. The lowest BCUT2D eigenvalue weighted by molar-refractivity contribution is 0.558. The molecule has 30 heteroatoms. The zero-order valence-corrected chi connectivity index (χ0v) is 88.3. The van der Waals surface area contributed by atoms with Crippen molar-refractivity contribution < 1.29 is 8.83 Å². The number of imidazole rings is 4. The average Bonchev–Trinajstić information content (AvgIpc) is 1.62. The molecule has 0 aliphatic heterocycles. The first-order chi connectivity index (χ1) is 66.7. The van der Waals surface area contributed by atoms with Crippen molar-refractivity contribution in [2.45, 2.75) is 180 Å². The van der Waals surface area contributed by atoms with Gasteiger partial charge in [0, 0.05) is 111 Å². The highest BCUT2D eigenvalue weighted by Crippen LogP contribution is 2.41. The first-order valence-corrected chi connectivity index (χ1v) is 49.4. The summed E-state index contributed by atoms with van der Waals surface area (Å²) in [6, 6.07) is 41.3. The van der Waals surface area contributed by atoms with E-state index in [1.807, 2.05) is 239 Å². The molecular weight excluding hydrogens is 1820 g/mol. The Balaban J connectivity index is 0.000000114. The highest BCUT2D eigenvalue weighted by Gasteiger charge is 2.22. The molecule has 0 spiro atoms. The Labute approximate surface area is 828 Å². The largest absolute Gasteiger partial charge is 0.441 e. The van der Waals surface area contributed by atoms with Crippen molar-refractivity contribution in [1.82, 2.24) is 118 Å². The second-order valence-corrected chi connectivity index (χ2v) is 40.5. The summed E-state index contributed by atoms with van der Waals surface area (Å²) in [4.78, 5) is 89.0. The van der Waals surface area contributed by atoms with Crippen LogP contribution in [0.3, 0.4) is 0 Å². The van der Waals surface area contributed by atoms with Crippen LogP contribution in [0.2, 0.25) is 0 Å². The summed E-state index contributed by atoms with van der Waals surface area (Å²) < 4.78 is 24.4. The lowest BCUT2D eigenvalue weighted by atomic mass is 9.99. The van der Waals surface area contributed by atoms with Crippen LogP contribution in [0.4, 0.5) is 0 Å². The predicted octanol–water partition coefficient (Wildman–Crippen LogP) is 26.7. The van der Waals surface area contributed by atoms with Gasteiger partial charge in [0.25, 0.3) is 0 Å². The van der Waals surface area contributed by atoms with Crippen LogP contribution in [-0.2, 0) is 28.2 Å². The van der Waals surface area contributed by atoms with Crippen molar-refractivity contribution >= 4 is 175 Å². The number of pyridine rings is 8. The molecule has 19 aromatic heterocycles. The van der Waals surface area contributed by atoms with Gasteiger partial charge in [-0.25, -0.2) is 64.8 Å². The Bertz CT molecular complexity index is 7680. The SMILES string of the molecule is Cc1cc2ccc3cc(C)c(C)nc3c2cc1C.Cc1ccc(-c2ccc(C)cn2)nc1.Cc1cccc(-c2cccc(C)n2)n1.Cc1ccnc(-c2cc(C)ccn2)c1.Cc1nc2c(C)c3nc(C)sc3c(C)c2s1.Cc1nc2c(C)c3oc(C)nc3c(C)c2o1.Cc1nc2c(C)c3sc(C)nc3c(C)c2s1.Cc1nc2nc3nc(C)n(C)c3cc2n1C.Cc1nc2nc3nc(C)n(C)c3nc2n1C. The van der Waals surface area contributed by atoms with Gasteiger partial charge in [0.15, 0.2) is 56.8 Å². The summed E-state index contributed by atoms with van der Waals surface area (Å²) in [5.41, 5.74) is 40.2. The van der Waals surface area contributed by atoms with E-state index in [-0.39, 0.29) is 0 Å². The Morgan fingerprint density at radius 3 is 1.06 bits per heavy atom. The van der Waals surface area contributed by atoms with Gasteiger partial charge in [0.05, 0.1) is 112 Å². The highest BCUT2D eigenvalue weighted by molar-refractivity contribution is 7.21. The molecule has 0 fully saturated rings. The molecule has 0 bridgehead atoms.